The van der Waals surface area contributed by atoms with Gasteiger partial charge in [-0.3, -0.25) is 0 Å². The van der Waals surface area contributed by atoms with Crippen molar-refractivity contribution >= 4 is 34.3 Å². The fraction of sp³-hybridized carbons (Fsp3) is 0.235. The molecule has 0 amide bonds. The van der Waals surface area contributed by atoms with Crippen LogP contribution in [0.4, 0.5) is 0 Å². The summed E-state index contributed by atoms with van der Waals surface area (Å²) in [5.41, 5.74) is 0.912. The number of nitrogens with one attached hydrogen (secondary N) is 1. The summed E-state index contributed by atoms with van der Waals surface area (Å²) in [4.78, 5) is 5.81. The van der Waals surface area contributed by atoms with E-state index in [1.165, 1.54) is 4.88 Å². The van der Waals surface area contributed by atoms with E-state index in [0.717, 1.165) is 23.8 Å². The number of rotatable bonds is 6. The Morgan fingerprint density at radius 3 is 2.88 bits per heavy atom. The fourth-order valence-electron chi connectivity index (χ4n) is 2.26. The molecular formula is C17H15ClN2O2S2. The van der Waals surface area contributed by atoms with Crippen molar-refractivity contribution in [1.82, 2.24) is 10.3 Å². The number of halogens is 1. The lowest BCUT2D eigenvalue weighted by atomic mass is 10.2. The maximum atomic E-state index is 6.08. The molecule has 2 aromatic heterocycles. The van der Waals surface area contributed by atoms with E-state index in [4.69, 9.17) is 21.1 Å². The highest BCUT2D eigenvalue weighted by molar-refractivity contribution is 7.20. The first kappa shape index (κ1) is 15.9. The van der Waals surface area contributed by atoms with Gasteiger partial charge in [0.25, 0.3) is 0 Å². The molecule has 0 radical (unpaired) electrons. The summed E-state index contributed by atoms with van der Waals surface area (Å²) in [5, 5.41) is 8.93. The fourth-order valence-corrected chi connectivity index (χ4v) is 4.04. The van der Waals surface area contributed by atoms with Crippen molar-refractivity contribution in [2.24, 2.45) is 0 Å². The Bertz CT molecular complexity index is 816. The summed E-state index contributed by atoms with van der Waals surface area (Å²) < 4.78 is 11.8. The van der Waals surface area contributed by atoms with Crippen LogP contribution in [0.2, 0.25) is 5.02 Å². The van der Waals surface area contributed by atoms with Crippen LogP contribution >= 0.6 is 34.3 Å². The summed E-state index contributed by atoms with van der Waals surface area (Å²) in [6.45, 7) is 2.10. The molecule has 1 aromatic carbocycles. The Labute approximate surface area is 153 Å². The van der Waals surface area contributed by atoms with Gasteiger partial charge >= 0.3 is 0 Å². The molecule has 3 aromatic rings. The van der Waals surface area contributed by atoms with E-state index < -0.39 is 0 Å². The summed E-state index contributed by atoms with van der Waals surface area (Å²) >= 11 is 9.40. The molecule has 0 bridgehead atoms. The number of thiophene rings is 1. The van der Waals surface area contributed by atoms with Gasteiger partial charge in [-0.1, -0.05) is 17.7 Å². The molecule has 0 saturated carbocycles. The van der Waals surface area contributed by atoms with E-state index in [1.54, 1.807) is 34.8 Å². The average Bonchev–Trinajstić information content (AvgIpc) is 3.21. The average molecular weight is 379 g/mol. The van der Waals surface area contributed by atoms with E-state index in [9.17, 15) is 0 Å². The van der Waals surface area contributed by atoms with E-state index >= 15 is 0 Å². The minimum absolute atomic E-state index is 0.176. The number of benzene rings is 1. The molecule has 1 fully saturated rings. The number of nitrogens with zero attached hydrogens (tertiary/aromatic N) is 1. The van der Waals surface area contributed by atoms with E-state index in [1.807, 2.05) is 17.5 Å². The zero-order valence-corrected chi connectivity index (χ0v) is 15.1. The van der Waals surface area contributed by atoms with Crippen LogP contribution in [0.25, 0.3) is 9.88 Å². The maximum absolute atomic E-state index is 6.08. The second kappa shape index (κ2) is 7.11. The first-order valence-corrected chi connectivity index (χ1v) is 9.69. The number of aromatic nitrogens is 1. The predicted octanol–water partition coefficient (Wildman–Crippen LogP) is 4.45. The Morgan fingerprint density at radius 2 is 2.12 bits per heavy atom. The van der Waals surface area contributed by atoms with Gasteiger partial charge < -0.3 is 14.8 Å². The molecule has 124 valence electrons. The maximum Gasteiger partial charge on any atom is 0.163 e. The largest absolute Gasteiger partial charge is 0.484 e. The second-order valence-electron chi connectivity index (χ2n) is 5.40. The van der Waals surface area contributed by atoms with Crippen molar-refractivity contribution in [2.75, 3.05) is 13.1 Å². The Hall–Kier alpha value is -1.60. The zero-order valence-electron chi connectivity index (χ0n) is 12.7. The van der Waals surface area contributed by atoms with Gasteiger partial charge in [0.1, 0.15) is 17.7 Å². The molecule has 0 spiro atoms. The highest BCUT2D eigenvalue weighted by Crippen LogP contribution is 2.33. The first-order chi connectivity index (χ1) is 11.8. The highest BCUT2D eigenvalue weighted by atomic mass is 35.5. The number of hydrogen-bond donors (Lipinski definition) is 1. The first-order valence-electron chi connectivity index (χ1n) is 7.56. The van der Waals surface area contributed by atoms with Crippen LogP contribution in [0.15, 0.2) is 41.1 Å². The van der Waals surface area contributed by atoms with Gasteiger partial charge in [0, 0.05) is 29.6 Å². The molecule has 4 nitrogen and oxygen atoms in total. The van der Waals surface area contributed by atoms with Crippen molar-refractivity contribution in [3.05, 3.63) is 51.8 Å². The van der Waals surface area contributed by atoms with Crippen LogP contribution in [0.1, 0.15) is 5.69 Å². The van der Waals surface area contributed by atoms with Crippen molar-refractivity contribution < 1.29 is 9.47 Å². The van der Waals surface area contributed by atoms with Crippen LogP contribution < -0.4 is 14.8 Å². The van der Waals surface area contributed by atoms with Crippen LogP contribution in [0, 0.1) is 0 Å². The van der Waals surface area contributed by atoms with Gasteiger partial charge in [0.2, 0.25) is 0 Å². The molecule has 0 atom stereocenters. The molecule has 1 aliphatic rings. The Kier molecular flexibility index (Phi) is 4.71. The third-order valence-corrected chi connectivity index (χ3v) is 5.77. The summed E-state index contributed by atoms with van der Waals surface area (Å²) in [6.07, 6.45) is 0.176. The van der Waals surface area contributed by atoms with Crippen molar-refractivity contribution in [3.63, 3.8) is 0 Å². The molecule has 1 aliphatic heterocycles. The standard InChI is InChI=1S/C17H15ClN2O2S2/c18-11-3-4-14(15(6-11)22-13-7-19-8-13)21-9-12-10-24-17(20-12)16-2-1-5-23-16/h1-6,10,13,19H,7-9H2. The normalized spacial score (nSPS) is 14.4. The van der Waals surface area contributed by atoms with Crippen molar-refractivity contribution in [2.45, 2.75) is 12.7 Å². The van der Waals surface area contributed by atoms with E-state index in [-0.39, 0.29) is 6.10 Å². The molecule has 0 aliphatic carbocycles. The summed E-state index contributed by atoms with van der Waals surface area (Å²) in [5.74, 6) is 1.37. The Balaban J connectivity index is 1.45. The zero-order chi connectivity index (χ0) is 16.4. The number of ether oxygens (including phenoxy) is 2. The quantitative estimate of drug-likeness (QED) is 0.688. The van der Waals surface area contributed by atoms with E-state index in [0.29, 0.717) is 23.1 Å². The molecule has 7 heteroatoms. The second-order valence-corrected chi connectivity index (χ2v) is 7.64. The van der Waals surface area contributed by atoms with Crippen LogP contribution in [-0.4, -0.2) is 24.2 Å². The summed E-state index contributed by atoms with van der Waals surface area (Å²) in [6, 6.07) is 9.56. The summed E-state index contributed by atoms with van der Waals surface area (Å²) in [7, 11) is 0. The lowest BCUT2D eigenvalue weighted by molar-refractivity contribution is 0.134. The lowest BCUT2D eigenvalue weighted by Crippen LogP contribution is -2.50. The SMILES string of the molecule is Clc1ccc(OCc2csc(-c3cccs3)n2)c(OC2CNC2)c1. The minimum atomic E-state index is 0.176. The molecule has 1 N–H and O–H groups in total. The van der Waals surface area contributed by atoms with Gasteiger partial charge in [-0.25, -0.2) is 4.98 Å². The molecule has 3 heterocycles. The molecule has 24 heavy (non-hydrogen) atoms. The predicted molar refractivity (Wildman–Crippen MR) is 98.5 cm³/mol. The van der Waals surface area contributed by atoms with Crippen molar-refractivity contribution in [1.29, 1.82) is 0 Å². The molecule has 4 rings (SSSR count). The third kappa shape index (κ3) is 3.57. The molecule has 0 unspecified atom stereocenters. The van der Waals surface area contributed by atoms with Crippen molar-refractivity contribution in [3.8, 4) is 21.4 Å². The minimum Gasteiger partial charge on any atom is -0.484 e. The number of thiazole rings is 1. The van der Waals surface area contributed by atoms with Crippen LogP contribution in [0.3, 0.4) is 0 Å². The van der Waals surface area contributed by atoms with Gasteiger partial charge in [-0.05, 0) is 23.6 Å². The van der Waals surface area contributed by atoms with Gasteiger partial charge in [0.15, 0.2) is 11.5 Å². The highest BCUT2D eigenvalue weighted by Gasteiger charge is 2.20. The van der Waals surface area contributed by atoms with E-state index in [2.05, 4.69) is 21.7 Å². The monoisotopic (exact) mass is 378 g/mol. The lowest BCUT2D eigenvalue weighted by Gasteiger charge is -2.28. The number of hydrogen-bond acceptors (Lipinski definition) is 6. The Morgan fingerprint density at radius 1 is 1.21 bits per heavy atom. The topological polar surface area (TPSA) is 43.4 Å². The third-order valence-electron chi connectivity index (χ3n) is 3.60. The van der Waals surface area contributed by atoms with Gasteiger partial charge in [-0.15, -0.1) is 22.7 Å². The van der Waals surface area contributed by atoms with Gasteiger partial charge in [0.05, 0.1) is 10.6 Å². The smallest absolute Gasteiger partial charge is 0.163 e. The van der Waals surface area contributed by atoms with Crippen LogP contribution in [0.5, 0.6) is 11.5 Å². The van der Waals surface area contributed by atoms with Crippen LogP contribution in [-0.2, 0) is 6.61 Å². The van der Waals surface area contributed by atoms with Gasteiger partial charge in [-0.2, -0.15) is 0 Å². The molecular weight excluding hydrogens is 364 g/mol. The molecule has 1 saturated heterocycles.